The van der Waals surface area contributed by atoms with E-state index < -0.39 is 9.84 Å². The first-order valence-electron chi connectivity index (χ1n) is 4.33. The van der Waals surface area contributed by atoms with Gasteiger partial charge in [-0.2, -0.15) is 5.10 Å². The molecule has 5 nitrogen and oxygen atoms in total. The van der Waals surface area contributed by atoms with E-state index >= 15 is 0 Å². The zero-order valence-corrected chi connectivity index (χ0v) is 9.21. The van der Waals surface area contributed by atoms with Crippen LogP contribution in [0.15, 0.2) is 6.20 Å². The average molecular weight is 217 g/mol. The van der Waals surface area contributed by atoms with Gasteiger partial charge in [0, 0.05) is 24.1 Å². The van der Waals surface area contributed by atoms with E-state index in [1.807, 2.05) is 6.92 Å². The fourth-order valence-electron chi connectivity index (χ4n) is 1.16. The van der Waals surface area contributed by atoms with Gasteiger partial charge in [0.25, 0.3) is 0 Å². The van der Waals surface area contributed by atoms with Crippen molar-refractivity contribution in [1.82, 2.24) is 9.78 Å². The minimum atomic E-state index is -2.93. The Morgan fingerprint density at radius 1 is 1.57 bits per heavy atom. The van der Waals surface area contributed by atoms with E-state index in [1.54, 1.807) is 10.9 Å². The molecule has 0 fully saturated rings. The summed E-state index contributed by atoms with van der Waals surface area (Å²) >= 11 is 0. The van der Waals surface area contributed by atoms with E-state index in [9.17, 15) is 8.42 Å². The Kier molecular flexibility index (Phi) is 3.28. The van der Waals surface area contributed by atoms with Crippen LogP contribution >= 0.6 is 0 Å². The van der Waals surface area contributed by atoms with Crippen molar-refractivity contribution in [2.45, 2.75) is 20.0 Å². The van der Waals surface area contributed by atoms with Crippen molar-refractivity contribution in [3.8, 4) is 0 Å². The molecule has 1 heterocycles. The molecule has 1 rings (SSSR count). The number of hydrogen-bond donors (Lipinski definition) is 1. The summed E-state index contributed by atoms with van der Waals surface area (Å²) in [7, 11) is -2.93. The van der Waals surface area contributed by atoms with Gasteiger partial charge in [0.1, 0.15) is 9.84 Å². The number of aryl methyl sites for hydroxylation is 1. The van der Waals surface area contributed by atoms with Crippen LogP contribution in [0, 0.1) is 6.92 Å². The van der Waals surface area contributed by atoms with Crippen LogP contribution in [0.2, 0.25) is 0 Å². The molecule has 0 aliphatic heterocycles. The third-order valence-corrected chi connectivity index (χ3v) is 3.02. The lowest BCUT2D eigenvalue weighted by Crippen LogP contribution is -2.13. The van der Waals surface area contributed by atoms with Gasteiger partial charge in [-0.1, -0.05) is 0 Å². The van der Waals surface area contributed by atoms with Crippen LogP contribution in [0.4, 0.5) is 0 Å². The number of aromatic nitrogens is 2. The summed E-state index contributed by atoms with van der Waals surface area (Å²) in [6.45, 7) is 2.72. The standard InChI is InChI=1S/C8H15N3O2S/c1-7-8(5-9)6-10-11(7)3-4-14(2,12)13/h6H,3-5,9H2,1-2H3. The highest BCUT2D eigenvalue weighted by Crippen LogP contribution is 2.05. The van der Waals surface area contributed by atoms with E-state index in [0.29, 0.717) is 13.1 Å². The Morgan fingerprint density at radius 3 is 2.64 bits per heavy atom. The Hall–Kier alpha value is -0.880. The van der Waals surface area contributed by atoms with Crippen LogP contribution < -0.4 is 5.73 Å². The Morgan fingerprint density at radius 2 is 2.21 bits per heavy atom. The molecule has 0 atom stereocenters. The summed E-state index contributed by atoms with van der Waals surface area (Å²) in [6, 6.07) is 0. The van der Waals surface area contributed by atoms with E-state index in [4.69, 9.17) is 5.73 Å². The Bertz CT molecular complexity index is 408. The van der Waals surface area contributed by atoms with Crippen LogP contribution in [0.25, 0.3) is 0 Å². The van der Waals surface area contributed by atoms with Crippen LogP contribution in [0.3, 0.4) is 0 Å². The molecule has 0 aromatic carbocycles. The molecule has 0 radical (unpaired) electrons. The van der Waals surface area contributed by atoms with Crippen molar-refractivity contribution >= 4 is 9.84 Å². The summed E-state index contributed by atoms with van der Waals surface area (Å²) in [4.78, 5) is 0. The molecule has 0 bridgehead atoms. The fourth-order valence-corrected chi connectivity index (χ4v) is 1.67. The van der Waals surface area contributed by atoms with Gasteiger partial charge in [0.05, 0.1) is 18.5 Å². The molecular formula is C8H15N3O2S. The quantitative estimate of drug-likeness (QED) is 0.750. The predicted molar refractivity (Wildman–Crippen MR) is 54.6 cm³/mol. The zero-order chi connectivity index (χ0) is 10.8. The normalized spacial score (nSPS) is 11.9. The summed E-state index contributed by atoms with van der Waals surface area (Å²) in [5.74, 6) is 0.111. The van der Waals surface area contributed by atoms with Crippen LogP contribution in [-0.4, -0.2) is 30.2 Å². The molecule has 0 aliphatic carbocycles. The van der Waals surface area contributed by atoms with E-state index in [0.717, 1.165) is 11.3 Å². The van der Waals surface area contributed by atoms with Gasteiger partial charge in [-0.15, -0.1) is 0 Å². The lowest BCUT2D eigenvalue weighted by Gasteiger charge is -2.03. The highest BCUT2D eigenvalue weighted by Gasteiger charge is 2.07. The highest BCUT2D eigenvalue weighted by molar-refractivity contribution is 7.90. The fraction of sp³-hybridized carbons (Fsp3) is 0.625. The second kappa shape index (κ2) is 4.10. The topological polar surface area (TPSA) is 78.0 Å². The molecular weight excluding hydrogens is 202 g/mol. The van der Waals surface area contributed by atoms with E-state index in [-0.39, 0.29) is 5.75 Å². The van der Waals surface area contributed by atoms with Gasteiger partial charge in [-0.3, -0.25) is 4.68 Å². The molecule has 14 heavy (non-hydrogen) atoms. The number of rotatable bonds is 4. The average Bonchev–Trinajstić information content (AvgIpc) is 2.42. The summed E-state index contributed by atoms with van der Waals surface area (Å²) in [6.07, 6.45) is 2.90. The summed E-state index contributed by atoms with van der Waals surface area (Å²) < 4.78 is 23.5. The molecule has 1 aromatic heterocycles. The van der Waals surface area contributed by atoms with Crippen molar-refractivity contribution in [2.75, 3.05) is 12.0 Å². The number of sulfone groups is 1. The van der Waals surface area contributed by atoms with Gasteiger partial charge in [-0.25, -0.2) is 8.42 Å². The lowest BCUT2D eigenvalue weighted by atomic mass is 10.3. The maximum absolute atomic E-state index is 10.9. The molecule has 0 saturated heterocycles. The van der Waals surface area contributed by atoms with Crippen LogP contribution in [-0.2, 0) is 22.9 Å². The molecule has 0 amide bonds. The number of nitrogens with zero attached hydrogens (tertiary/aromatic N) is 2. The third kappa shape index (κ3) is 2.81. The molecule has 0 aliphatic rings. The molecule has 6 heteroatoms. The smallest absolute Gasteiger partial charge is 0.149 e. The molecule has 2 N–H and O–H groups in total. The van der Waals surface area contributed by atoms with Crippen LogP contribution in [0.5, 0.6) is 0 Å². The lowest BCUT2D eigenvalue weighted by molar-refractivity contribution is 0.582. The van der Waals surface area contributed by atoms with Crippen molar-refractivity contribution in [3.63, 3.8) is 0 Å². The Labute approximate surface area is 83.8 Å². The van der Waals surface area contributed by atoms with E-state index in [2.05, 4.69) is 5.10 Å². The van der Waals surface area contributed by atoms with Gasteiger partial charge in [0.2, 0.25) is 0 Å². The largest absolute Gasteiger partial charge is 0.326 e. The van der Waals surface area contributed by atoms with Crippen LogP contribution in [0.1, 0.15) is 11.3 Å². The van der Waals surface area contributed by atoms with Gasteiger partial charge in [-0.05, 0) is 6.92 Å². The molecule has 0 saturated carbocycles. The SMILES string of the molecule is Cc1c(CN)cnn1CCS(C)(=O)=O. The van der Waals surface area contributed by atoms with Crippen molar-refractivity contribution in [3.05, 3.63) is 17.5 Å². The Balaban J connectivity index is 2.73. The van der Waals surface area contributed by atoms with Gasteiger partial charge < -0.3 is 5.73 Å². The van der Waals surface area contributed by atoms with Crippen molar-refractivity contribution in [1.29, 1.82) is 0 Å². The van der Waals surface area contributed by atoms with Gasteiger partial charge >= 0.3 is 0 Å². The van der Waals surface area contributed by atoms with Crippen molar-refractivity contribution < 1.29 is 8.42 Å². The maximum Gasteiger partial charge on any atom is 0.149 e. The molecule has 1 aromatic rings. The highest BCUT2D eigenvalue weighted by atomic mass is 32.2. The molecule has 0 spiro atoms. The van der Waals surface area contributed by atoms with Crippen molar-refractivity contribution in [2.24, 2.45) is 5.73 Å². The molecule has 0 unspecified atom stereocenters. The first-order chi connectivity index (χ1) is 6.44. The first kappa shape index (κ1) is 11.2. The minimum Gasteiger partial charge on any atom is -0.326 e. The monoisotopic (exact) mass is 217 g/mol. The third-order valence-electron chi connectivity index (χ3n) is 2.10. The van der Waals surface area contributed by atoms with Gasteiger partial charge in [0.15, 0.2) is 0 Å². The number of nitrogens with two attached hydrogens (primary N) is 1. The number of hydrogen-bond acceptors (Lipinski definition) is 4. The predicted octanol–water partition coefficient (Wildman–Crippen LogP) is -0.305. The second-order valence-corrected chi connectivity index (χ2v) is 5.57. The first-order valence-corrected chi connectivity index (χ1v) is 6.39. The summed E-state index contributed by atoms with van der Waals surface area (Å²) in [5, 5.41) is 4.06. The summed E-state index contributed by atoms with van der Waals surface area (Å²) in [5.41, 5.74) is 7.37. The maximum atomic E-state index is 10.9. The second-order valence-electron chi connectivity index (χ2n) is 3.31. The minimum absolute atomic E-state index is 0.111. The van der Waals surface area contributed by atoms with E-state index in [1.165, 1.54) is 6.26 Å². The molecule has 80 valence electrons. The zero-order valence-electron chi connectivity index (χ0n) is 8.40.